The SMILES string of the molecule is Cc1c(C(O)C(O)CC(=O)O)cccc1C(F)(F)F. The molecule has 2 unspecified atom stereocenters. The lowest BCUT2D eigenvalue weighted by Crippen LogP contribution is -2.23. The van der Waals surface area contributed by atoms with Crippen molar-refractivity contribution >= 4 is 5.97 Å². The van der Waals surface area contributed by atoms with E-state index in [9.17, 15) is 28.2 Å². The number of aliphatic hydroxyl groups is 2. The van der Waals surface area contributed by atoms with Crippen molar-refractivity contribution in [2.24, 2.45) is 0 Å². The first-order chi connectivity index (χ1) is 8.64. The normalized spacial score (nSPS) is 15.1. The molecule has 7 heteroatoms. The van der Waals surface area contributed by atoms with Crippen LogP contribution in [0.5, 0.6) is 0 Å². The Labute approximate surface area is 107 Å². The third kappa shape index (κ3) is 3.68. The Bertz CT molecular complexity index is 471. The van der Waals surface area contributed by atoms with Gasteiger partial charge in [0.2, 0.25) is 0 Å². The molecule has 0 bridgehead atoms. The monoisotopic (exact) mass is 278 g/mol. The van der Waals surface area contributed by atoms with Gasteiger partial charge in [0, 0.05) is 0 Å². The smallest absolute Gasteiger partial charge is 0.416 e. The minimum absolute atomic E-state index is 0.136. The lowest BCUT2D eigenvalue weighted by molar-refractivity contribution is -0.142. The third-order valence-electron chi connectivity index (χ3n) is 2.75. The number of rotatable bonds is 4. The topological polar surface area (TPSA) is 77.8 Å². The van der Waals surface area contributed by atoms with Gasteiger partial charge in [-0.1, -0.05) is 12.1 Å². The molecule has 0 heterocycles. The van der Waals surface area contributed by atoms with Crippen molar-refractivity contribution in [3.63, 3.8) is 0 Å². The number of benzene rings is 1. The molecule has 0 aromatic heterocycles. The standard InChI is InChI=1S/C12H13F3O4/c1-6-7(11(19)9(16)5-10(17)18)3-2-4-8(6)12(13,14)15/h2-4,9,11,16,19H,5H2,1H3,(H,17,18). The van der Waals surface area contributed by atoms with E-state index >= 15 is 0 Å². The lowest BCUT2D eigenvalue weighted by Gasteiger charge is -2.21. The highest BCUT2D eigenvalue weighted by atomic mass is 19.4. The maximum Gasteiger partial charge on any atom is 0.416 e. The van der Waals surface area contributed by atoms with Crippen LogP contribution >= 0.6 is 0 Å². The van der Waals surface area contributed by atoms with E-state index in [2.05, 4.69) is 0 Å². The summed E-state index contributed by atoms with van der Waals surface area (Å²) in [6, 6.07) is 3.18. The predicted molar refractivity (Wildman–Crippen MR) is 59.4 cm³/mol. The minimum Gasteiger partial charge on any atom is -0.481 e. The summed E-state index contributed by atoms with van der Waals surface area (Å²) in [6.07, 6.45) is -8.67. The highest BCUT2D eigenvalue weighted by Gasteiger charge is 2.34. The number of aliphatic hydroxyl groups excluding tert-OH is 2. The second kappa shape index (κ2) is 5.58. The van der Waals surface area contributed by atoms with Crippen LogP contribution in [0, 0.1) is 6.92 Å². The Morgan fingerprint density at radius 1 is 1.32 bits per heavy atom. The zero-order valence-corrected chi connectivity index (χ0v) is 9.98. The number of alkyl halides is 3. The highest BCUT2D eigenvalue weighted by molar-refractivity contribution is 5.67. The Morgan fingerprint density at radius 3 is 2.37 bits per heavy atom. The quantitative estimate of drug-likeness (QED) is 0.786. The molecule has 0 saturated carbocycles. The minimum atomic E-state index is -4.57. The summed E-state index contributed by atoms with van der Waals surface area (Å²) in [6.45, 7) is 1.16. The molecule has 0 spiro atoms. The summed E-state index contributed by atoms with van der Waals surface area (Å²) < 4.78 is 38.0. The van der Waals surface area contributed by atoms with E-state index in [-0.39, 0.29) is 11.1 Å². The fourth-order valence-corrected chi connectivity index (χ4v) is 1.78. The lowest BCUT2D eigenvalue weighted by atomic mass is 9.94. The van der Waals surface area contributed by atoms with E-state index in [0.717, 1.165) is 19.1 Å². The fraction of sp³-hybridized carbons (Fsp3) is 0.417. The van der Waals surface area contributed by atoms with Crippen molar-refractivity contribution in [1.29, 1.82) is 0 Å². The van der Waals surface area contributed by atoms with Gasteiger partial charge in [0.1, 0.15) is 6.10 Å². The van der Waals surface area contributed by atoms with Gasteiger partial charge in [-0.3, -0.25) is 4.79 Å². The Hall–Kier alpha value is -1.60. The molecule has 0 fully saturated rings. The zero-order chi connectivity index (χ0) is 14.8. The molecule has 3 N–H and O–H groups in total. The van der Waals surface area contributed by atoms with Crippen LogP contribution < -0.4 is 0 Å². The maximum atomic E-state index is 12.7. The molecule has 2 atom stereocenters. The summed E-state index contributed by atoms with van der Waals surface area (Å²) in [4.78, 5) is 10.4. The van der Waals surface area contributed by atoms with Crippen molar-refractivity contribution in [2.75, 3.05) is 0 Å². The summed E-state index contributed by atoms with van der Waals surface area (Å²) in [5, 5.41) is 27.7. The van der Waals surface area contributed by atoms with E-state index in [1.54, 1.807) is 0 Å². The molecule has 0 aliphatic carbocycles. The second-order valence-electron chi connectivity index (χ2n) is 4.13. The first-order valence-electron chi connectivity index (χ1n) is 5.39. The number of aliphatic carboxylic acids is 1. The molecule has 1 aromatic rings. The number of halogens is 3. The van der Waals surface area contributed by atoms with Gasteiger partial charge in [-0.25, -0.2) is 0 Å². The van der Waals surface area contributed by atoms with Crippen molar-refractivity contribution < 1.29 is 33.3 Å². The van der Waals surface area contributed by atoms with Crippen LogP contribution in [0.2, 0.25) is 0 Å². The number of carboxylic acids is 1. The average molecular weight is 278 g/mol. The molecule has 0 amide bonds. The summed E-state index contributed by atoms with van der Waals surface area (Å²) >= 11 is 0. The first-order valence-corrected chi connectivity index (χ1v) is 5.39. The van der Waals surface area contributed by atoms with Crippen molar-refractivity contribution in [3.8, 4) is 0 Å². The van der Waals surface area contributed by atoms with Crippen LogP contribution in [-0.4, -0.2) is 27.4 Å². The van der Waals surface area contributed by atoms with Gasteiger partial charge in [-0.05, 0) is 24.1 Å². The van der Waals surface area contributed by atoms with E-state index in [1.165, 1.54) is 6.07 Å². The maximum absolute atomic E-state index is 12.7. The van der Waals surface area contributed by atoms with Crippen molar-refractivity contribution in [1.82, 2.24) is 0 Å². The van der Waals surface area contributed by atoms with E-state index in [0.29, 0.717) is 0 Å². The van der Waals surface area contributed by atoms with Crippen LogP contribution in [0.25, 0.3) is 0 Å². The van der Waals surface area contributed by atoms with Gasteiger partial charge in [0.05, 0.1) is 18.1 Å². The molecule has 1 aromatic carbocycles. The van der Waals surface area contributed by atoms with Gasteiger partial charge in [-0.2, -0.15) is 13.2 Å². The van der Waals surface area contributed by atoms with Gasteiger partial charge >= 0.3 is 12.1 Å². The third-order valence-corrected chi connectivity index (χ3v) is 2.75. The van der Waals surface area contributed by atoms with Crippen LogP contribution in [0.1, 0.15) is 29.2 Å². The molecular formula is C12H13F3O4. The molecule has 106 valence electrons. The van der Waals surface area contributed by atoms with Crippen LogP contribution in [0.15, 0.2) is 18.2 Å². The van der Waals surface area contributed by atoms with E-state index in [4.69, 9.17) is 5.11 Å². The summed E-state index contributed by atoms with van der Waals surface area (Å²) in [7, 11) is 0. The molecule has 0 saturated heterocycles. The molecule has 0 aliphatic rings. The molecule has 1 rings (SSSR count). The Balaban J connectivity index is 3.11. The Morgan fingerprint density at radius 2 is 1.89 bits per heavy atom. The number of carbonyl (C=O) groups is 1. The van der Waals surface area contributed by atoms with E-state index in [1.807, 2.05) is 0 Å². The number of hydrogen-bond donors (Lipinski definition) is 3. The molecule has 19 heavy (non-hydrogen) atoms. The van der Waals surface area contributed by atoms with E-state index < -0.39 is 36.3 Å². The second-order valence-corrected chi connectivity index (χ2v) is 4.13. The van der Waals surface area contributed by atoms with Crippen LogP contribution in [0.3, 0.4) is 0 Å². The first kappa shape index (κ1) is 15.5. The van der Waals surface area contributed by atoms with Gasteiger partial charge in [0.25, 0.3) is 0 Å². The fourth-order valence-electron chi connectivity index (χ4n) is 1.78. The van der Waals surface area contributed by atoms with Crippen LogP contribution in [0.4, 0.5) is 13.2 Å². The van der Waals surface area contributed by atoms with Crippen LogP contribution in [-0.2, 0) is 11.0 Å². The zero-order valence-electron chi connectivity index (χ0n) is 9.98. The molecule has 0 aliphatic heterocycles. The molecule has 4 nitrogen and oxygen atoms in total. The van der Waals surface area contributed by atoms with Crippen molar-refractivity contribution in [2.45, 2.75) is 31.7 Å². The van der Waals surface area contributed by atoms with Gasteiger partial charge in [-0.15, -0.1) is 0 Å². The predicted octanol–water partition coefficient (Wildman–Crippen LogP) is 1.88. The number of carboxylic acid groups (broad SMARTS) is 1. The Kier molecular flexibility index (Phi) is 4.54. The van der Waals surface area contributed by atoms with Crippen molar-refractivity contribution in [3.05, 3.63) is 34.9 Å². The molecule has 0 radical (unpaired) electrons. The van der Waals surface area contributed by atoms with Gasteiger partial charge in [0.15, 0.2) is 0 Å². The summed E-state index contributed by atoms with van der Waals surface area (Å²) in [5.41, 5.74) is -1.29. The van der Waals surface area contributed by atoms with Gasteiger partial charge < -0.3 is 15.3 Å². The summed E-state index contributed by atoms with van der Waals surface area (Å²) in [5.74, 6) is -1.35. The molecular weight excluding hydrogens is 265 g/mol. The average Bonchev–Trinajstić information content (AvgIpc) is 2.25. The highest BCUT2D eigenvalue weighted by Crippen LogP contribution is 2.35. The largest absolute Gasteiger partial charge is 0.481 e. The number of hydrogen-bond acceptors (Lipinski definition) is 3.